The lowest BCUT2D eigenvalue weighted by molar-refractivity contribution is -0.121. The van der Waals surface area contributed by atoms with E-state index in [1.54, 1.807) is 0 Å². The van der Waals surface area contributed by atoms with Crippen LogP contribution in [0.3, 0.4) is 0 Å². The van der Waals surface area contributed by atoms with Gasteiger partial charge < -0.3 is 10.1 Å². The minimum atomic E-state index is -3.73. The Kier molecular flexibility index (Phi) is 22.2. The number of nitrogens with one attached hydrogen (secondary N) is 4. The van der Waals surface area contributed by atoms with Crippen molar-refractivity contribution in [1.82, 2.24) is 35.8 Å². The molecular weight excluding hydrogens is 565 g/mol. The molecule has 0 bridgehead atoms. The van der Waals surface area contributed by atoms with Crippen molar-refractivity contribution in [2.45, 2.75) is 134 Å². The molecule has 41 heavy (non-hydrogen) atoms. The smallest absolute Gasteiger partial charge is 0.234 e. The minimum absolute atomic E-state index is 0.0862. The number of hydrogen-bond donors (Lipinski definition) is 4. The second-order valence-electron chi connectivity index (χ2n) is 10.6. The van der Waals surface area contributed by atoms with Crippen LogP contribution in [0.1, 0.15) is 128 Å². The minimum Gasteiger partial charge on any atom is -0.356 e. The topological polar surface area (TPSA) is 176 Å². The number of aromatic nitrogens is 4. The van der Waals surface area contributed by atoms with Gasteiger partial charge in [-0.25, -0.2) is 13.5 Å². The SMILES string of the molecule is O=C[C@H](CCCCNC(=O)CCCS(=O)(=O)NC(=O)CCCCCCCCCCCCCCCc1nnn[nH]1)NP. The van der Waals surface area contributed by atoms with Crippen molar-refractivity contribution in [2.75, 3.05) is 12.3 Å². The number of H-pyrrole nitrogens is 1. The first-order valence-electron chi connectivity index (χ1n) is 15.3. The normalized spacial score (nSPS) is 12.2. The summed E-state index contributed by atoms with van der Waals surface area (Å²) in [5, 5.41) is 19.4. The third-order valence-corrected chi connectivity index (χ3v) is 8.73. The summed E-state index contributed by atoms with van der Waals surface area (Å²) in [6.07, 6.45) is 19.4. The molecule has 0 spiro atoms. The highest BCUT2D eigenvalue weighted by Crippen LogP contribution is 2.13. The average molecular weight is 618 g/mol. The summed E-state index contributed by atoms with van der Waals surface area (Å²) < 4.78 is 26.4. The predicted octanol–water partition coefficient (Wildman–Crippen LogP) is 3.66. The lowest BCUT2D eigenvalue weighted by atomic mass is 10.0. The van der Waals surface area contributed by atoms with Gasteiger partial charge in [-0.2, -0.15) is 0 Å². The van der Waals surface area contributed by atoms with Gasteiger partial charge in [0.15, 0.2) is 0 Å². The van der Waals surface area contributed by atoms with Crippen LogP contribution < -0.4 is 15.1 Å². The van der Waals surface area contributed by atoms with Crippen LogP contribution in [-0.2, 0) is 30.8 Å². The lowest BCUT2D eigenvalue weighted by Gasteiger charge is -2.09. The molecule has 0 aliphatic carbocycles. The summed E-state index contributed by atoms with van der Waals surface area (Å²) in [4.78, 5) is 34.6. The van der Waals surface area contributed by atoms with Crippen LogP contribution in [0.4, 0.5) is 0 Å². The number of amides is 2. The molecule has 1 heterocycles. The third kappa shape index (κ3) is 22.3. The fourth-order valence-electron chi connectivity index (χ4n) is 4.50. The Hall–Kier alpha value is -1.98. The first kappa shape index (κ1) is 37.0. The summed E-state index contributed by atoms with van der Waals surface area (Å²) in [5.74, 6) is -0.0783. The Labute approximate surface area is 248 Å². The largest absolute Gasteiger partial charge is 0.356 e. The van der Waals surface area contributed by atoms with Gasteiger partial charge in [-0.05, 0) is 49.0 Å². The Morgan fingerprint density at radius 2 is 1.39 bits per heavy atom. The number of carbonyl (C=O) groups excluding carboxylic acids is 3. The zero-order valence-electron chi connectivity index (χ0n) is 24.6. The van der Waals surface area contributed by atoms with E-state index >= 15 is 0 Å². The number of unbranched alkanes of at least 4 members (excludes halogenated alkanes) is 13. The summed E-state index contributed by atoms with van der Waals surface area (Å²) in [6, 6.07) is -0.205. The van der Waals surface area contributed by atoms with Crippen molar-refractivity contribution in [3.63, 3.8) is 0 Å². The Balaban J connectivity index is 1.89. The Bertz CT molecular complexity index is 919. The molecule has 1 rings (SSSR count). The summed E-state index contributed by atoms with van der Waals surface area (Å²) in [6.45, 7) is 0.483. The predicted molar refractivity (Wildman–Crippen MR) is 163 cm³/mol. The second-order valence-corrected chi connectivity index (χ2v) is 12.8. The molecule has 0 aromatic carbocycles. The molecule has 0 aliphatic heterocycles. The Morgan fingerprint density at radius 1 is 0.805 bits per heavy atom. The highest BCUT2D eigenvalue weighted by Gasteiger charge is 2.15. The number of aryl methyl sites for hydroxylation is 1. The summed E-state index contributed by atoms with van der Waals surface area (Å²) in [5.41, 5.74) is 0. The van der Waals surface area contributed by atoms with Crippen molar-refractivity contribution in [3.05, 3.63) is 5.82 Å². The van der Waals surface area contributed by atoms with Gasteiger partial charge in [0.05, 0.1) is 11.8 Å². The van der Waals surface area contributed by atoms with Gasteiger partial charge in [0.25, 0.3) is 0 Å². The van der Waals surface area contributed by atoms with Crippen molar-refractivity contribution in [3.8, 4) is 0 Å². The highest BCUT2D eigenvalue weighted by atomic mass is 32.2. The van der Waals surface area contributed by atoms with Gasteiger partial charge in [-0.15, -0.1) is 5.10 Å². The van der Waals surface area contributed by atoms with E-state index in [1.807, 2.05) is 0 Å². The molecule has 236 valence electrons. The summed E-state index contributed by atoms with van der Waals surface area (Å²) >= 11 is 0. The van der Waals surface area contributed by atoms with Crippen LogP contribution in [0.2, 0.25) is 0 Å². The zero-order chi connectivity index (χ0) is 30.0. The van der Waals surface area contributed by atoms with E-state index in [0.29, 0.717) is 19.4 Å². The van der Waals surface area contributed by atoms with Crippen molar-refractivity contribution < 1.29 is 22.8 Å². The maximum Gasteiger partial charge on any atom is 0.234 e. The van der Waals surface area contributed by atoms with E-state index < -0.39 is 15.9 Å². The van der Waals surface area contributed by atoms with Crippen LogP contribution in [0.15, 0.2) is 0 Å². The number of aldehydes is 1. The van der Waals surface area contributed by atoms with Crippen molar-refractivity contribution >= 4 is 37.5 Å². The summed E-state index contributed by atoms with van der Waals surface area (Å²) in [7, 11) is -1.42. The molecule has 0 saturated heterocycles. The molecule has 2 amide bonds. The zero-order valence-corrected chi connectivity index (χ0v) is 26.6. The van der Waals surface area contributed by atoms with Gasteiger partial charge in [0, 0.05) is 25.8 Å². The highest BCUT2D eigenvalue weighted by molar-refractivity contribution is 7.90. The molecular formula is C27H52N7O5PS. The molecule has 1 aromatic rings. The molecule has 14 heteroatoms. The van der Waals surface area contributed by atoms with Gasteiger partial charge >= 0.3 is 0 Å². The van der Waals surface area contributed by atoms with E-state index in [9.17, 15) is 22.8 Å². The fraction of sp³-hybridized carbons (Fsp3) is 0.852. The quantitative estimate of drug-likeness (QED) is 0.0621. The van der Waals surface area contributed by atoms with Crippen molar-refractivity contribution in [2.24, 2.45) is 0 Å². The van der Waals surface area contributed by atoms with E-state index in [4.69, 9.17) is 0 Å². The first-order chi connectivity index (χ1) is 19.9. The maximum absolute atomic E-state index is 12.1. The molecule has 1 aromatic heterocycles. The van der Waals surface area contributed by atoms with Crippen LogP contribution in [0, 0.1) is 0 Å². The molecule has 0 radical (unpaired) electrons. The van der Waals surface area contributed by atoms with Crippen LogP contribution >= 0.6 is 9.39 Å². The van der Waals surface area contributed by atoms with Crippen LogP contribution in [0.5, 0.6) is 0 Å². The van der Waals surface area contributed by atoms with Crippen molar-refractivity contribution in [1.29, 1.82) is 0 Å². The molecule has 1 unspecified atom stereocenters. The van der Waals surface area contributed by atoms with Gasteiger partial charge in [0.1, 0.15) is 12.1 Å². The molecule has 0 saturated carbocycles. The second kappa shape index (κ2) is 24.6. The fourth-order valence-corrected chi connectivity index (χ4v) is 5.82. The number of tetrazole rings is 1. The average Bonchev–Trinajstić information content (AvgIpc) is 3.46. The molecule has 2 atom stereocenters. The van der Waals surface area contributed by atoms with Crippen LogP contribution in [-0.4, -0.2) is 65.5 Å². The number of nitrogens with zero attached hydrogens (tertiary/aromatic N) is 3. The number of aromatic amines is 1. The third-order valence-electron chi connectivity index (χ3n) is 6.94. The van der Waals surface area contributed by atoms with E-state index in [2.05, 4.69) is 45.1 Å². The van der Waals surface area contributed by atoms with Gasteiger partial charge in [-0.3, -0.25) is 19.4 Å². The van der Waals surface area contributed by atoms with Gasteiger partial charge in [-0.1, -0.05) is 80.0 Å². The lowest BCUT2D eigenvalue weighted by Crippen LogP contribution is -2.33. The standard InChI is InChI=1S/C27H52N7O5PS/c35-23-24(31-40)17-14-15-21-28-26(36)20-16-22-41(38,39)32-27(37)19-13-11-9-7-5-3-1-2-4-6-8-10-12-18-25-29-33-34-30-25/h23-24,31H,1-22,40H2,(H,28,36)(H,32,37)(H,29,30,33,34)/t24-/m0/s1. The molecule has 0 fully saturated rings. The van der Waals surface area contributed by atoms with E-state index in [-0.39, 0.29) is 37.0 Å². The number of sulfonamides is 1. The van der Waals surface area contributed by atoms with E-state index in [0.717, 1.165) is 57.1 Å². The Morgan fingerprint density at radius 3 is 1.95 bits per heavy atom. The molecule has 12 nitrogen and oxygen atoms in total. The number of rotatable bonds is 28. The molecule has 4 N–H and O–H groups in total. The van der Waals surface area contributed by atoms with Crippen LogP contribution in [0.25, 0.3) is 0 Å². The number of hydrogen-bond acceptors (Lipinski definition) is 9. The van der Waals surface area contributed by atoms with E-state index in [1.165, 1.54) is 51.4 Å². The molecule has 0 aliphatic rings. The maximum atomic E-state index is 12.1. The first-order valence-corrected chi connectivity index (χ1v) is 17.5. The van der Waals surface area contributed by atoms with Gasteiger partial charge in [0.2, 0.25) is 21.8 Å². The number of carbonyl (C=O) groups is 3. The monoisotopic (exact) mass is 617 g/mol.